The summed E-state index contributed by atoms with van der Waals surface area (Å²) in [5, 5.41) is 10.7. The van der Waals surface area contributed by atoms with E-state index in [1.54, 1.807) is 47.9 Å². The molecule has 0 aliphatic heterocycles. The van der Waals surface area contributed by atoms with E-state index in [0.29, 0.717) is 29.7 Å². The van der Waals surface area contributed by atoms with E-state index in [1.807, 2.05) is 30.3 Å². The van der Waals surface area contributed by atoms with Gasteiger partial charge < -0.3 is 14.8 Å². The number of ether oxygens (including phenoxy) is 2. The highest BCUT2D eigenvalue weighted by atomic mass is 32.2. The Bertz CT molecular complexity index is 1020. The highest BCUT2D eigenvalue weighted by Crippen LogP contribution is 2.21. The number of carbonyl (C=O) groups is 2. The van der Waals surface area contributed by atoms with Gasteiger partial charge in [0, 0.05) is 17.4 Å². The molecular weight excluding hydrogens is 430 g/mol. The number of hydroxylamine groups is 1. The van der Waals surface area contributed by atoms with Crippen molar-refractivity contribution < 1.29 is 24.3 Å². The topological polar surface area (TPSA) is 110 Å². The van der Waals surface area contributed by atoms with Gasteiger partial charge >= 0.3 is 5.24 Å². The van der Waals surface area contributed by atoms with Crippen molar-refractivity contribution >= 4 is 22.9 Å². The van der Waals surface area contributed by atoms with Crippen LogP contribution in [0.4, 0.5) is 4.79 Å². The fraction of sp³-hybridized carbons (Fsp3) is 0.174. The Morgan fingerprint density at radius 2 is 1.69 bits per heavy atom. The van der Waals surface area contributed by atoms with Crippen LogP contribution in [0.15, 0.2) is 77.7 Å². The summed E-state index contributed by atoms with van der Waals surface area (Å²) in [6.45, 7) is 1.03. The maximum Gasteiger partial charge on any atom is 0.307 e. The average molecular weight is 454 g/mol. The molecule has 0 saturated carbocycles. The predicted molar refractivity (Wildman–Crippen MR) is 120 cm³/mol. The number of amides is 2. The fourth-order valence-corrected chi connectivity index (χ4v) is 3.23. The Kier molecular flexibility index (Phi) is 8.91. The standard InChI is InChI=1S/C23H23N3O5S/c27-22(24-14-16-30-18-9-11-19(12-10-18)32-23(28)26-29)20-7-4-8-21(25-20)31-15-13-17-5-2-1-3-6-17/h1-12,29H,13-16H2,(H,24,27)(H,26,28). The quantitative estimate of drug-likeness (QED) is 0.186. The van der Waals surface area contributed by atoms with Crippen molar-refractivity contribution in [3.63, 3.8) is 0 Å². The van der Waals surface area contributed by atoms with E-state index in [4.69, 9.17) is 14.7 Å². The minimum atomic E-state index is -0.569. The van der Waals surface area contributed by atoms with Gasteiger partial charge in [0.05, 0.1) is 13.2 Å². The maximum absolute atomic E-state index is 12.3. The first kappa shape index (κ1) is 23.1. The largest absolute Gasteiger partial charge is 0.492 e. The van der Waals surface area contributed by atoms with Gasteiger partial charge in [0.15, 0.2) is 0 Å². The second kappa shape index (κ2) is 12.3. The molecule has 32 heavy (non-hydrogen) atoms. The van der Waals surface area contributed by atoms with Crippen molar-refractivity contribution in [3.8, 4) is 11.6 Å². The van der Waals surface area contributed by atoms with E-state index in [9.17, 15) is 9.59 Å². The Labute approximate surface area is 189 Å². The third-order valence-corrected chi connectivity index (χ3v) is 5.01. The van der Waals surface area contributed by atoms with E-state index >= 15 is 0 Å². The lowest BCUT2D eigenvalue weighted by Crippen LogP contribution is -2.28. The Balaban J connectivity index is 1.39. The summed E-state index contributed by atoms with van der Waals surface area (Å²) >= 11 is 0.857. The zero-order chi connectivity index (χ0) is 22.6. The number of nitrogens with one attached hydrogen (secondary N) is 2. The maximum atomic E-state index is 12.3. The Morgan fingerprint density at radius 1 is 0.906 bits per heavy atom. The molecule has 2 aromatic carbocycles. The number of nitrogens with zero attached hydrogens (tertiary/aromatic N) is 1. The van der Waals surface area contributed by atoms with Crippen LogP contribution in [0, 0.1) is 0 Å². The molecule has 8 nitrogen and oxygen atoms in total. The SMILES string of the molecule is O=C(NO)Sc1ccc(OCCNC(=O)c2cccc(OCCc3ccccc3)n2)cc1. The number of pyridine rings is 1. The molecule has 166 valence electrons. The lowest BCUT2D eigenvalue weighted by molar-refractivity contribution is 0.0940. The monoisotopic (exact) mass is 453 g/mol. The van der Waals surface area contributed by atoms with Crippen LogP contribution in [0.3, 0.4) is 0 Å². The number of benzene rings is 2. The molecule has 9 heteroatoms. The Morgan fingerprint density at radius 3 is 2.44 bits per heavy atom. The van der Waals surface area contributed by atoms with Gasteiger partial charge in [0.25, 0.3) is 5.91 Å². The van der Waals surface area contributed by atoms with Crippen LogP contribution in [0.25, 0.3) is 0 Å². The van der Waals surface area contributed by atoms with Gasteiger partial charge in [0.1, 0.15) is 18.1 Å². The molecule has 0 spiro atoms. The highest BCUT2D eigenvalue weighted by Gasteiger charge is 2.08. The number of hydrogen-bond donors (Lipinski definition) is 3. The zero-order valence-electron chi connectivity index (χ0n) is 17.2. The summed E-state index contributed by atoms with van der Waals surface area (Å²) in [6.07, 6.45) is 0.755. The zero-order valence-corrected chi connectivity index (χ0v) is 18.0. The minimum absolute atomic E-state index is 0.266. The molecule has 0 aliphatic rings. The molecule has 0 unspecified atom stereocenters. The molecule has 1 heterocycles. The molecule has 3 rings (SSSR count). The molecule has 0 atom stereocenters. The number of hydrogen-bond acceptors (Lipinski definition) is 7. The van der Waals surface area contributed by atoms with Gasteiger partial charge in [0.2, 0.25) is 5.88 Å². The van der Waals surface area contributed by atoms with Crippen molar-refractivity contribution in [2.75, 3.05) is 19.8 Å². The molecule has 0 bridgehead atoms. The third-order valence-electron chi connectivity index (χ3n) is 4.22. The molecule has 0 aliphatic carbocycles. The van der Waals surface area contributed by atoms with Crippen LogP contribution in [0.5, 0.6) is 11.6 Å². The van der Waals surface area contributed by atoms with Crippen LogP contribution in [0.1, 0.15) is 16.1 Å². The predicted octanol–water partition coefficient (Wildman–Crippen LogP) is 3.70. The smallest absolute Gasteiger partial charge is 0.307 e. The molecular formula is C23H23N3O5S. The molecule has 1 aromatic heterocycles. The summed E-state index contributed by atoms with van der Waals surface area (Å²) in [6, 6.07) is 21.9. The Hall–Kier alpha value is -3.56. The summed E-state index contributed by atoms with van der Waals surface area (Å²) in [7, 11) is 0. The van der Waals surface area contributed by atoms with E-state index in [1.165, 1.54) is 5.56 Å². The van der Waals surface area contributed by atoms with Crippen molar-refractivity contribution in [3.05, 3.63) is 84.1 Å². The summed E-state index contributed by atoms with van der Waals surface area (Å²) < 4.78 is 11.2. The second-order valence-electron chi connectivity index (χ2n) is 6.52. The minimum Gasteiger partial charge on any atom is -0.492 e. The lowest BCUT2D eigenvalue weighted by atomic mass is 10.2. The van der Waals surface area contributed by atoms with Crippen molar-refractivity contribution in [2.45, 2.75) is 11.3 Å². The van der Waals surface area contributed by atoms with Gasteiger partial charge in [-0.1, -0.05) is 36.4 Å². The van der Waals surface area contributed by atoms with Crippen LogP contribution in [0.2, 0.25) is 0 Å². The molecule has 3 aromatic rings. The normalized spacial score (nSPS) is 10.3. The van der Waals surface area contributed by atoms with Crippen molar-refractivity contribution in [1.29, 1.82) is 0 Å². The molecule has 0 fully saturated rings. The van der Waals surface area contributed by atoms with E-state index in [0.717, 1.165) is 18.2 Å². The number of aromatic nitrogens is 1. The first-order valence-corrected chi connectivity index (χ1v) is 10.7. The fourth-order valence-electron chi connectivity index (χ4n) is 2.70. The van der Waals surface area contributed by atoms with Gasteiger partial charge in [-0.25, -0.2) is 10.5 Å². The molecule has 2 amide bonds. The molecule has 0 radical (unpaired) electrons. The first-order chi connectivity index (χ1) is 15.6. The number of thioether (sulfide) groups is 1. The van der Waals surface area contributed by atoms with Gasteiger partial charge in [-0.05, 0) is 47.7 Å². The van der Waals surface area contributed by atoms with Crippen molar-refractivity contribution in [2.24, 2.45) is 0 Å². The van der Waals surface area contributed by atoms with Crippen LogP contribution < -0.4 is 20.3 Å². The molecule has 0 saturated heterocycles. The van der Waals surface area contributed by atoms with E-state index in [-0.39, 0.29) is 18.2 Å². The summed E-state index contributed by atoms with van der Waals surface area (Å²) in [5.41, 5.74) is 2.99. The summed E-state index contributed by atoms with van der Waals surface area (Å²) in [4.78, 5) is 28.4. The highest BCUT2D eigenvalue weighted by molar-refractivity contribution is 8.13. The molecule has 3 N–H and O–H groups in total. The van der Waals surface area contributed by atoms with Gasteiger partial charge in [-0.2, -0.15) is 0 Å². The first-order valence-electron chi connectivity index (χ1n) is 9.91. The second-order valence-corrected chi connectivity index (χ2v) is 7.57. The van der Waals surface area contributed by atoms with Crippen LogP contribution in [-0.2, 0) is 6.42 Å². The van der Waals surface area contributed by atoms with E-state index < -0.39 is 5.24 Å². The van der Waals surface area contributed by atoms with Crippen LogP contribution in [-0.4, -0.2) is 41.1 Å². The van der Waals surface area contributed by atoms with Gasteiger partial charge in [-0.15, -0.1) is 0 Å². The van der Waals surface area contributed by atoms with Gasteiger partial charge in [-0.3, -0.25) is 14.8 Å². The van der Waals surface area contributed by atoms with Crippen molar-refractivity contribution in [1.82, 2.24) is 15.8 Å². The average Bonchev–Trinajstić information content (AvgIpc) is 2.83. The third kappa shape index (κ3) is 7.60. The lowest BCUT2D eigenvalue weighted by Gasteiger charge is -2.09. The van der Waals surface area contributed by atoms with Crippen LogP contribution >= 0.6 is 11.8 Å². The number of rotatable bonds is 10. The number of carbonyl (C=O) groups excluding carboxylic acids is 2. The summed E-state index contributed by atoms with van der Waals surface area (Å²) in [5.74, 6) is 0.682. The van der Waals surface area contributed by atoms with E-state index in [2.05, 4.69) is 10.3 Å².